The summed E-state index contributed by atoms with van der Waals surface area (Å²) in [6.07, 6.45) is 3.64. The normalized spacial score (nSPS) is 18.9. The number of nitrogens with zero attached hydrogens (tertiary/aromatic N) is 2. The minimum absolute atomic E-state index is 0.0888. The van der Waals surface area contributed by atoms with E-state index in [9.17, 15) is 14.7 Å². The van der Waals surface area contributed by atoms with E-state index in [-0.39, 0.29) is 11.3 Å². The van der Waals surface area contributed by atoms with Crippen LogP contribution >= 0.6 is 15.9 Å². The average Bonchev–Trinajstić information content (AvgIpc) is 2.94. The summed E-state index contributed by atoms with van der Waals surface area (Å²) in [5, 5.41) is 10.8. The molecule has 1 aromatic carbocycles. The number of methoxy groups -OCH3 is 1. The van der Waals surface area contributed by atoms with Crippen molar-refractivity contribution >= 4 is 33.4 Å². The summed E-state index contributed by atoms with van der Waals surface area (Å²) in [4.78, 5) is 30.8. The second kappa shape index (κ2) is 8.45. The predicted molar refractivity (Wildman–Crippen MR) is 104 cm³/mol. The van der Waals surface area contributed by atoms with Gasteiger partial charge in [0, 0.05) is 42.7 Å². The third-order valence-corrected chi connectivity index (χ3v) is 4.96. The summed E-state index contributed by atoms with van der Waals surface area (Å²) in [5.41, 5.74) is 1.29. The van der Waals surface area contributed by atoms with Gasteiger partial charge in [-0.25, -0.2) is 0 Å². The van der Waals surface area contributed by atoms with Crippen LogP contribution in [0.1, 0.15) is 23.6 Å². The van der Waals surface area contributed by atoms with Crippen molar-refractivity contribution in [2.24, 2.45) is 0 Å². The number of aliphatic hydroxyl groups excluding tert-OH is 1. The Balaban J connectivity index is 2.10. The molecule has 140 valence electrons. The first-order valence-electron chi connectivity index (χ1n) is 8.47. The van der Waals surface area contributed by atoms with Gasteiger partial charge < -0.3 is 14.7 Å². The molecule has 1 aliphatic heterocycles. The van der Waals surface area contributed by atoms with E-state index in [1.54, 1.807) is 19.2 Å². The maximum atomic E-state index is 12.7. The lowest BCUT2D eigenvalue weighted by Crippen LogP contribution is -2.31. The molecule has 0 radical (unpaired) electrons. The van der Waals surface area contributed by atoms with Crippen molar-refractivity contribution in [3.05, 3.63) is 70.0 Å². The average molecular weight is 431 g/mol. The summed E-state index contributed by atoms with van der Waals surface area (Å²) < 4.78 is 5.95. The van der Waals surface area contributed by atoms with Crippen LogP contribution in [0.15, 0.2) is 58.8 Å². The molecule has 0 aliphatic carbocycles. The molecule has 1 atom stereocenters. The molecule has 1 amide bonds. The Labute approximate surface area is 165 Å². The number of halogens is 1. The summed E-state index contributed by atoms with van der Waals surface area (Å²) in [6, 6.07) is 9.92. The highest BCUT2D eigenvalue weighted by Crippen LogP contribution is 2.39. The van der Waals surface area contributed by atoms with Gasteiger partial charge in [-0.3, -0.25) is 14.6 Å². The molecule has 0 saturated carbocycles. The van der Waals surface area contributed by atoms with Gasteiger partial charge >= 0.3 is 0 Å². The zero-order valence-corrected chi connectivity index (χ0v) is 16.3. The fourth-order valence-corrected chi connectivity index (χ4v) is 3.41. The van der Waals surface area contributed by atoms with E-state index in [2.05, 4.69) is 20.9 Å². The molecule has 1 unspecified atom stereocenters. The van der Waals surface area contributed by atoms with Crippen LogP contribution in [0.2, 0.25) is 0 Å². The van der Waals surface area contributed by atoms with Gasteiger partial charge in [0.2, 0.25) is 0 Å². The van der Waals surface area contributed by atoms with Gasteiger partial charge in [-0.05, 0) is 36.2 Å². The van der Waals surface area contributed by atoms with E-state index < -0.39 is 17.7 Å². The van der Waals surface area contributed by atoms with Gasteiger partial charge in [0.1, 0.15) is 5.76 Å². The van der Waals surface area contributed by atoms with E-state index in [4.69, 9.17) is 4.74 Å². The van der Waals surface area contributed by atoms with Crippen molar-refractivity contribution < 1.29 is 19.4 Å². The Morgan fingerprint density at radius 1 is 1.19 bits per heavy atom. The number of likely N-dealkylation sites (tertiary alicyclic amines) is 1. The van der Waals surface area contributed by atoms with Gasteiger partial charge in [-0.1, -0.05) is 28.1 Å². The van der Waals surface area contributed by atoms with Crippen molar-refractivity contribution in [1.82, 2.24) is 9.88 Å². The lowest BCUT2D eigenvalue weighted by molar-refractivity contribution is -0.140. The number of aliphatic hydroxyl groups is 1. The van der Waals surface area contributed by atoms with Crippen LogP contribution in [0.3, 0.4) is 0 Å². The van der Waals surface area contributed by atoms with Crippen LogP contribution in [0.25, 0.3) is 5.76 Å². The Hall–Kier alpha value is -2.51. The summed E-state index contributed by atoms with van der Waals surface area (Å²) in [6.45, 7) is 0.826. The summed E-state index contributed by atoms with van der Waals surface area (Å²) >= 11 is 3.39. The van der Waals surface area contributed by atoms with Crippen LogP contribution in [0.5, 0.6) is 0 Å². The van der Waals surface area contributed by atoms with Crippen molar-refractivity contribution in [2.75, 3.05) is 20.3 Å². The monoisotopic (exact) mass is 430 g/mol. The highest BCUT2D eigenvalue weighted by Gasteiger charge is 2.45. The number of carbonyl (C=O) groups excluding carboxylic acids is 2. The molecule has 3 rings (SSSR count). The number of aromatic nitrogens is 1. The molecular weight excluding hydrogens is 412 g/mol. The second-order valence-electron chi connectivity index (χ2n) is 6.13. The van der Waals surface area contributed by atoms with E-state index >= 15 is 0 Å². The number of ketones is 1. The minimum atomic E-state index is -0.686. The molecule has 1 aromatic heterocycles. The lowest BCUT2D eigenvalue weighted by atomic mass is 9.95. The Morgan fingerprint density at radius 2 is 1.85 bits per heavy atom. The number of rotatable bonds is 6. The van der Waals surface area contributed by atoms with Gasteiger partial charge in [0.05, 0.1) is 11.6 Å². The molecule has 27 heavy (non-hydrogen) atoms. The number of hydrogen-bond donors (Lipinski definition) is 1. The molecule has 6 nitrogen and oxygen atoms in total. The number of hydrogen-bond acceptors (Lipinski definition) is 5. The zero-order chi connectivity index (χ0) is 19.4. The van der Waals surface area contributed by atoms with Crippen LogP contribution < -0.4 is 0 Å². The Morgan fingerprint density at radius 3 is 2.48 bits per heavy atom. The number of Topliss-reactive ketones (excluding diaryl/α,β-unsaturated/α-hetero) is 1. The largest absolute Gasteiger partial charge is 0.507 e. The van der Waals surface area contributed by atoms with Crippen molar-refractivity contribution in [2.45, 2.75) is 12.5 Å². The number of ether oxygens (including phenoxy) is 1. The highest BCUT2D eigenvalue weighted by molar-refractivity contribution is 9.10. The smallest absolute Gasteiger partial charge is 0.295 e. The van der Waals surface area contributed by atoms with Crippen LogP contribution in [-0.4, -0.2) is 46.9 Å². The van der Waals surface area contributed by atoms with E-state index in [0.717, 1.165) is 10.0 Å². The van der Waals surface area contributed by atoms with Gasteiger partial charge in [0.15, 0.2) is 0 Å². The standard InChI is InChI=1S/C20H19BrN2O4/c1-27-12-2-11-23-17(13-3-5-15(21)6-4-13)16(19(25)20(23)26)18(24)14-7-9-22-10-8-14/h3-10,17,24H,2,11-12H2,1H3. The first kappa shape index (κ1) is 19.3. The molecule has 2 aromatic rings. The highest BCUT2D eigenvalue weighted by atomic mass is 79.9. The molecule has 7 heteroatoms. The van der Waals surface area contributed by atoms with Crippen molar-refractivity contribution in [3.8, 4) is 0 Å². The SMILES string of the molecule is COCCCN1C(=O)C(=O)C(=C(O)c2ccncc2)C1c1ccc(Br)cc1. The van der Waals surface area contributed by atoms with E-state index in [1.165, 1.54) is 17.3 Å². The fraction of sp³-hybridized carbons (Fsp3) is 0.250. The van der Waals surface area contributed by atoms with Crippen molar-refractivity contribution in [3.63, 3.8) is 0 Å². The van der Waals surface area contributed by atoms with E-state index in [0.29, 0.717) is 25.1 Å². The lowest BCUT2D eigenvalue weighted by Gasteiger charge is -2.25. The molecule has 0 spiro atoms. The number of amides is 1. The van der Waals surface area contributed by atoms with Crippen LogP contribution in [0, 0.1) is 0 Å². The molecule has 1 saturated heterocycles. The van der Waals surface area contributed by atoms with E-state index in [1.807, 2.05) is 24.3 Å². The molecule has 1 aliphatic rings. The number of pyridine rings is 1. The molecule has 0 bridgehead atoms. The summed E-state index contributed by atoms with van der Waals surface area (Å²) in [5.74, 6) is -1.50. The first-order chi connectivity index (χ1) is 13.0. The second-order valence-corrected chi connectivity index (χ2v) is 7.04. The first-order valence-corrected chi connectivity index (χ1v) is 9.27. The minimum Gasteiger partial charge on any atom is -0.507 e. The fourth-order valence-electron chi connectivity index (χ4n) is 3.15. The molecule has 1 fully saturated rings. The third-order valence-electron chi connectivity index (χ3n) is 4.43. The molecular formula is C20H19BrN2O4. The molecule has 2 heterocycles. The predicted octanol–water partition coefficient (Wildman–Crippen LogP) is 3.30. The topological polar surface area (TPSA) is 79.7 Å². The number of carbonyl (C=O) groups is 2. The molecule has 1 N–H and O–H groups in total. The quantitative estimate of drug-likeness (QED) is 0.329. The Bertz CT molecular complexity index is 865. The van der Waals surface area contributed by atoms with Crippen molar-refractivity contribution in [1.29, 1.82) is 0 Å². The van der Waals surface area contributed by atoms with Gasteiger partial charge in [-0.15, -0.1) is 0 Å². The maximum Gasteiger partial charge on any atom is 0.295 e. The maximum absolute atomic E-state index is 12.7. The summed E-state index contributed by atoms with van der Waals surface area (Å²) in [7, 11) is 1.59. The zero-order valence-electron chi connectivity index (χ0n) is 14.8. The van der Waals surface area contributed by atoms with Crippen LogP contribution in [-0.2, 0) is 14.3 Å². The third kappa shape index (κ3) is 3.94. The van der Waals surface area contributed by atoms with Gasteiger partial charge in [0.25, 0.3) is 11.7 Å². The Kier molecular flexibility index (Phi) is 6.03. The van der Waals surface area contributed by atoms with Gasteiger partial charge in [-0.2, -0.15) is 0 Å². The van der Waals surface area contributed by atoms with Crippen LogP contribution in [0.4, 0.5) is 0 Å². The number of benzene rings is 1.